The Morgan fingerprint density at radius 3 is 2.66 bits per heavy atom. The Labute approximate surface area is 176 Å². The van der Waals surface area contributed by atoms with Crippen LogP contribution in [0.25, 0.3) is 22.3 Å². The summed E-state index contributed by atoms with van der Waals surface area (Å²) in [5, 5.41) is 3.94. The van der Waals surface area contributed by atoms with Gasteiger partial charge in [-0.3, -0.25) is 9.36 Å². The molecule has 2 aromatic heterocycles. The Kier molecular flexibility index (Phi) is 4.50. The molecule has 164 valence electrons. The minimum atomic E-state index is -4.50. The van der Waals surface area contributed by atoms with Crippen molar-refractivity contribution >= 4 is 10.9 Å². The van der Waals surface area contributed by atoms with E-state index in [-0.39, 0.29) is 42.4 Å². The highest BCUT2D eigenvalue weighted by molar-refractivity contribution is 5.81. The van der Waals surface area contributed by atoms with Gasteiger partial charge in [0.05, 0.1) is 16.5 Å². The molecule has 0 bridgehead atoms. The molecule has 9 nitrogen and oxygen atoms in total. The highest BCUT2D eigenvalue weighted by atomic mass is 19.4. The van der Waals surface area contributed by atoms with Crippen LogP contribution in [0.4, 0.5) is 13.2 Å². The van der Waals surface area contributed by atoms with Gasteiger partial charge in [-0.2, -0.15) is 18.2 Å². The third-order valence-corrected chi connectivity index (χ3v) is 4.94. The summed E-state index contributed by atoms with van der Waals surface area (Å²) in [4.78, 5) is 31.9. The lowest BCUT2D eigenvalue weighted by molar-refractivity contribution is -0.137. The van der Waals surface area contributed by atoms with E-state index < -0.39 is 23.0 Å². The van der Waals surface area contributed by atoms with Crippen LogP contribution in [0, 0.1) is 0 Å². The van der Waals surface area contributed by atoms with Crippen molar-refractivity contribution in [1.82, 2.24) is 19.7 Å². The maximum absolute atomic E-state index is 12.9. The first-order chi connectivity index (χ1) is 15.3. The predicted octanol–water partition coefficient (Wildman–Crippen LogP) is 2.73. The van der Waals surface area contributed by atoms with E-state index in [1.807, 2.05) is 0 Å². The molecule has 0 atom stereocenters. The topological polar surface area (TPSA) is 112 Å². The summed E-state index contributed by atoms with van der Waals surface area (Å²) in [6, 6.07) is 7.53. The number of alkyl halides is 3. The maximum Gasteiger partial charge on any atom is 0.416 e. The Morgan fingerprint density at radius 1 is 1.09 bits per heavy atom. The molecule has 0 fully saturated rings. The molecule has 32 heavy (non-hydrogen) atoms. The summed E-state index contributed by atoms with van der Waals surface area (Å²) < 4.78 is 55.3. The average Bonchev–Trinajstić information content (AvgIpc) is 3.41. The number of ether oxygens (including phenoxy) is 2. The molecule has 2 aromatic carbocycles. The first-order valence-corrected chi connectivity index (χ1v) is 9.36. The lowest BCUT2D eigenvalue weighted by atomic mass is 10.1. The first-order valence-electron chi connectivity index (χ1n) is 9.36. The molecule has 0 saturated heterocycles. The minimum Gasteiger partial charge on any atom is -0.454 e. The maximum atomic E-state index is 12.9. The van der Waals surface area contributed by atoms with Crippen LogP contribution in [-0.4, -0.2) is 26.5 Å². The molecule has 3 heterocycles. The minimum absolute atomic E-state index is 0.0189. The zero-order chi connectivity index (χ0) is 22.5. The fraction of sp³-hybridized carbons (Fsp3) is 0.200. The number of rotatable bonds is 4. The second kappa shape index (κ2) is 7.25. The normalized spacial score (nSPS) is 13.1. The van der Waals surface area contributed by atoms with Crippen LogP contribution in [0.1, 0.15) is 11.5 Å². The number of aryl methyl sites for hydroxylation is 1. The van der Waals surface area contributed by atoms with E-state index in [4.69, 9.17) is 14.0 Å². The smallest absolute Gasteiger partial charge is 0.416 e. The van der Waals surface area contributed by atoms with Gasteiger partial charge >= 0.3 is 11.9 Å². The van der Waals surface area contributed by atoms with Crippen molar-refractivity contribution < 1.29 is 27.2 Å². The van der Waals surface area contributed by atoms with Crippen molar-refractivity contribution in [2.45, 2.75) is 19.1 Å². The number of fused-ring (bicyclic) bond motifs is 2. The van der Waals surface area contributed by atoms with Crippen molar-refractivity contribution in [2.75, 3.05) is 6.79 Å². The Morgan fingerprint density at radius 2 is 1.88 bits per heavy atom. The number of nitrogens with one attached hydrogen (secondary N) is 1. The Bertz CT molecular complexity index is 1450. The van der Waals surface area contributed by atoms with Crippen LogP contribution >= 0.6 is 0 Å². The summed E-state index contributed by atoms with van der Waals surface area (Å²) in [7, 11) is 0. The number of halogens is 3. The van der Waals surface area contributed by atoms with Gasteiger partial charge in [0, 0.05) is 24.6 Å². The van der Waals surface area contributed by atoms with Crippen LogP contribution in [0.15, 0.2) is 50.5 Å². The zero-order valence-electron chi connectivity index (χ0n) is 16.1. The SMILES string of the molecule is O=c1[nH]c2cc3c(cc2c(=O)n1CCc1nc(-c2cccc(C(F)(F)F)c2)no1)OCO3. The van der Waals surface area contributed by atoms with Gasteiger partial charge in [0.25, 0.3) is 5.56 Å². The molecule has 1 aliphatic heterocycles. The third-order valence-electron chi connectivity index (χ3n) is 4.94. The Hall–Kier alpha value is -4.09. The third kappa shape index (κ3) is 3.49. The van der Waals surface area contributed by atoms with Gasteiger partial charge in [0.2, 0.25) is 18.5 Å². The van der Waals surface area contributed by atoms with Crippen LogP contribution in [0.5, 0.6) is 11.5 Å². The number of hydrogen-bond acceptors (Lipinski definition) is 7. The van der Waals surface area contributed by atoms with Gasteiger partial charge in [-0.1, -0.05) is 17.3 Å². The van der Waals surface area contributed by atoms with Crippen molar-refractivity contribution in [3.05, 3.63) is 68.7 Å². The molecule has 0 radical (unpaired) electrons. The molecule has 4 aromatic rings. The quantitative estimate of drug-likeness (QED) is 0.513. The predicted molar refractivity (Wildman–Crippen MR) is 103 cm³/mol. The van der Waals surface area contributed by atoms with Gasteiger partial charge in [-0.15, -0.1) is 0 Å². The van der Waals surface area contributed by atoms with E-state index in [1.54, 1.807) is 0 Å². The largest absolute Gasteiger partial charge is 0.454 e. The summed E-state index contributed by atoms with van der Waals surface area (Å²) in [6.07, 6.45) is -4.48. The number of benzene rings is 2. The molecule has 0 spiro atoms. The van der Waals surface area contributed by atoms with Crippen LogP contribution in [-0.2, 0) is 19.1 Å². The molecule has 1 aliphatic rings. The van der Waals surface area contributed by atoms with E-state index in [0.29, 0.717) is 17.0 Å². The van der Waals surface area contributed by atoms with Gasteiger partial charge in [0.1, 0.15) is 0 Å². The summed E-state index contributed by atoms with van der Waals surface area (Å²) >= 11 is 0. The molecular weight excluding hydrogens is 433 g/mol. The highest BCUT2D eigenvalue weighted by Crippen LogP contribution is 2.34. The Balaban J connectivity index is 1.40. The second-order valence-electron chi connectivity index (χ2n) is 6.98. The molecule has 0 amide bonds. The van der Waals surface area contributed by atoms with E-state index in [2.05, 4.69) is 15.1 Å². The second-order valence-corrected chi connectivity index (χ2v) is 6.98. The number of aromatic nitrogens is 4. The summed E-state index contributed by atoms with van der Waals surface area (Å²) in [6.45, 7) is -0.0573. The zero-order valence-corrected chi connectivity index (χ0v) is 16.1. The fourth-order valence-corrected chi connectivity index (χ4v) is 3.36. The molecule has 5 rings (SSSR count). The molecular formula is C20H13F3N4O5. The standard InChI is InChI=1S/C20H13F3N4O5/c21-20(22,23)11-3-1-2-10(6-11)17-25-16(32-26-17)4-5-27-18(28)12-7-14-15(31-9-30-14)8-13(12)24-19(27)29/h1-3,6-8H,4-5,9H2,(H,24,29). The van der Waals surface area contributed by atoms with E-state index >= 15 is 0 Å². The van der Waals surface area contributed by atoms with Gasteiger partial charge in [-0.05, 0) is 18.2 Å². The lowest BCUT2D eigenvalue weighted by Crippen LogP contribution is -2.35. The molecule has 0 unspecified atom stereocenters. The van der Waals surface area contributed by atoms with Crippen molar-refractivity contribution in [3.63, 3.8) is 0 Å². The molecule has 0 aliphatic carbocycles. The highest BCUT2D eigenvalue weighted by Gasteiger charge is 2.30. The average molecular weight is 446 g/mol. The van der Waals surface area contributed by atoms with Crippen molar-refractivity contribution in [1.29, 1.82) is 0 Å². The van der Waals surface area contributed by atoms with E-state index in [9.17, 15) is 22.8 Å². The summed E-state index contributed by atoms with van der Waals surface area (Å²) in [5.74, 6) is 0.863. The monoisotopic (exact) mass is 446 g/mol. The van der Waals surface area contributed by atoms with Gasteiger partial charge < -0.3 is 19.0 Å². The van der Waals surface area contributed by atoms with E-state index in [0.717, 1.165) is 16.7 Å². The number of hydrogen-bond donors (Lipinski definition) is 1. The lowest BCUT2D eigenvalue weighted by Gasteiger charge is -2.06. The van der Waals surface area contributed by atoms with Gasteiger partial charge in [0.15, 0.2) is 11.5 Å². The molecule has 1 N–H and O–H groups in total. The van der Waals surface area contributed by atoms with Crippen LogP contribution in [0.3, 0.4) is 0 Å². The van der Waals surface area contributed by atoms with E-state index in [1.165, 1.54) is 24.3 Å². The van der Waals surface area contributed by atoms with Crippen molar-refractivity contribution in [2.24, 2.45) is 0 Å². The molecule has 12 heteroatoms. The number of H-pyrrole nitrogens is 1. The number of aromatic amines is 1. The first kappa shape index (κ1) is 19.8. The van der Waals surface area contributed by atoms with Crippen LogP contribution < -0.4 is 20.7 Å². The van der Waals surface area contributed by atoms with Gasteiger partial charge in [-0.25, -0.2) is 4.79 Å². The van der Waals surface area contributed by atoms with Crippen LogP contribution in [0.2, 0.25) is 0 Å². The van der Waals surface area contributed by atoms with Crippen molar-refractivity contribution in [3.8, 4) is 22.9 Å². The fourth-order valence-electron chi connectivity index (χ4n) is 3.36. The number of nitrogens with zero attached hydrogens (tertiary/aromatic N) is 3. The molecule has 0 saturated carbocycles. The summed E-state index contributed by atoms with van der Waals surface area (Å²) in [5.41, 5.74) is -1.58.